The minimum Gasteiger partial charge on any atom is -0.382 e. The Hall–Kier alpha value is -2.31. The Kier molecular flexibility index (Phi) is 3.78. The molecule has 2 aliphatic rings. The Bertz CT molecular complexity index is 746. The van der Waals surface area contributed by atoms with Gasteiger partial charge in [-0.15, -0.1) is 5.10 Å². The normalized spacial score (nSPS) is 21.6. The van der Waals surface area contributed by atoms with E-state index >= 15 is 0 Å². The van der Waals surface area contributed by atoms with Crippen molar-refractivity contribution in [3.05, 3.63) is 17.3 Å². The van der Waals surface area contributed by atoms with Crippen LogP contribution in [0.3, 0.4) is 0 Å². The number of aromatic nitrogens is 4. The molecule has 0 aromatic carbocycles. The fourth-order valence-electron chi connectivity index (χ4n) is 4.39. The summed E-state index contributed by atoms with van der Waals surface area (Å²) >= 11 is 0. The Balaban J connectivity index is 1.65. The van der Waals surface area contributed by atoms with E-state index in [2.05, 4.69) is 21.1 Å². The van der Waals surface area contributed by atoms with Crippen molar-refractivity contribution in [3.8, 4) is 5.69 Å². The van der Waals surface area contributed by atoms with E-state index in [1.807, 2.05) is 0 Å². The number of nitrogens with zero attached hydrogens (tertiary/aromatic N) is 4. The Morgan fingerprint density at radius 3 is 2.46 bits per heavy atom. The summed E-state index contributed by atoms with van der Waals surface area (Å²) in [6, 6.07) is 2.08. The molecular weight excluding hydrogens is 302 g/mol. The molecule has 4 rings (SSSR count). The molecule has 7 nitrogen and oxygen atoms in total. The molecule has 2 aliphatic carbocycles. The van der Waals surface area contributed by atoms with Crippen molar-refractivity contribution in [1.82, 2.24) is 19.7 Å². The lowest BCUT2D eigenvalue weighted by Crippen LogP contribution is -2.25. The van der Waals surface area contributed by atoms with E-state index in [1.54, 1.807) is 0 Å². The topological polar surface area (TPSA) is 122 Å². The first-order chi connectivity index (χ1) is 11.6. The first-order valence-electron chi connectivity index (χ1n) is 8.88. The molecule has 0 radical (unpaired) electrons. The van der Waals surface area contributed by atoms with Crippen LogP contribution in [0.25, 0.3) is 5.69 Å². The molecule has 1 unspecified atom stereocenters. The number of fused-ring (bicyclic) bond motifs is 1. The highest BCUT2D eigenvalue weighted by molar-refractivity contribution is 5.57. The van der Waals surface area contributed by atoms with Crippen LogP contribution in [0, 0.1) is 11.8 Å². The fourth-order valence-corrected chi connectivity index (χ4v) is 4.39. The minimum atomic E-state index is 0.143. The largest absolute Gasteiger partial charge is 0.382 e. The number of rotatable bonds is 2. The van der Waals surface area contributed by atoms with E-state index in [1.165, 1.54) is 48.8 Å². The van der Waals surface area contributed by atoms with Crippen molar-refractivity contribution in [2.24, 2.45) is 11.8 Å². The predicted octanol–water partition coefficient (Wildman–Crippen LogP) is 2.09. The van der Waals surface area contributed by atoms with Crippen molar-refractivity contribution in [2.45, 2.75) is 51.4 Å². The number of hydrogen-bond donors (Lipinski definition) is 3. The molecule has 2 aromatic rings. The summed E-state index contributed by atoms with van der Waals surface area (Å²) in [4.78, 5) is 8.57. The molecular formula is C17H25N7. The van der Waals surface area contributed by atoms with Crippen LogP contribution < -0.4 is 17.2 Å². The van der Waals surface area contributed by atoms with Gasteiger partial charge in [-0.05, 0) is 42.7 Å². The molecule has 0 amide bonds. The summed E-state index contributed by atoms with van der Waals surface area (Å²) in [5.41, 5.74) is 20.7. The van der Waals surface area contributed by atoms with Crippen LogP contribution >= 0.6 is 0 Å². The van der Waals surface area contributed by atoms with Gasteiger partial charge in [0.25, 0.3) is 0 Å². The molecule has 0 spiro atoms. The van der Waals surface area contributed by atoms with Crippen molar-refractivity contribution in [1.29, 1.82) is 0 Å². The maximum absolute atomic E-state index is 6.14. The molecule has 1 fully saturated rings. The first-order valence-corrected chi connectivity index (χ1v) is 8.88. The third kappa shape index (κ3) is 2.68. The van der Waals surface area contributed by atoms with Crippen molar-refractivity contribution >= 4 is 17.7 Å². The van der Waals surface area contributed by atoms with Gasteiger partial charge < -0.3 is 17.2 Å². The van der Waals surface area contributed by atoms with Gasteiger partial charge in [0, 0.05) is 5.69 Å². The quantitative estimate of drug-likeness (QED) is 0.776. The summed E-state index contributed by atoms with van der Waals surface area (Å²) in [7, 11) is 0. The zero-order chi connectivity index (χ0) is 16.7. The van der Waals surface area contributed by atoms with E-state index in [0.717, 1.165) is 30.4 Å². The maximum atomic E-state index is 6.14. The monoisotopic (exact) mass is 327 g/mol. The molecule has 1 saturated carbocycles. The number of hydrogen-bond acceptors (Lipinski definition) is 6. The third-order valence-corrected chi connectivity index (χ3v) is 5.63. The van der Waals surface area contributed by atoms with Crippen LogP contribution in [-0.2, 0) is 12.8 Å². The number of nitrogen functional groups attached to an aromatic ring is 3. The molecule has 2 heterocycles. The maximum Gasteiger partial charge on any atom is 0.241 e. The molecule has 6 N–H and O–H groups in total. The summed E-state index contributed by atoms with van der Waals surface area (Å²) in [5.74, 6) is 2.43. The van der Waals surface area contributed by atoms with Gasteiger partial charge in [0.1, 0.15) is 11.5 Å². The number of anilines is 3. The summed E-state index contributed by atoms with van der Waals surface area (Å²) in [6.45, 7) is 0. The van der Waals surface area contributed by atoms with Crippen LogP contribution in [0.1, 0.15) is 49.8 Å². The number of aryl methyl sites for hydroxylation is 1. The number of nitrogens with two attached hydrogens (primary N) is 3. The minimum absolute atomic E-state index is 0.143. The van der Waals surface area contributed by atoms with E-state index in [4.69, 9.17) is 17.2 Å². The fraction of sp³-hybridized carbons (Fsp3) is 0.588. The molecule has 128 valence electrons. The van der Waals surface area contributed by atoms with E-state index in [9.17, 15) is 0 Å². The van der Waals surface area contributed by atoms with Crippen LogP contribution in [0.4, 0.5) is 17.7 Å². The average molecular weight is 327 g/mol. The van der Waals surface area contributed by atoms with E-state index < -0.39 is 0 Å². The van der Waals surface area contributed by atoms with Crippen molar-refractivity contribution in [2.75, 3.05) is 17.2 Å². The second kappa shape index (κ2) is 5.96. The molecule has 0 bridgehead atoms. The van der Waals surface area contributed by atoms with Crippen LogP contribution in [0.5, 0.6) is 0 Å². The molecule has 24 heavy (non-hydrogen) atoms. The summed E-state index contributed by atoms with van der Waals surface area (Å²) in [5, 5.41) is 4.14. The lowest BCUT2D eigenvalue weighted by molar-refractivity contribution is 0.227. The van der Waals surface area contributed by atoms with Crippen LogP contribution in [-0.4, -0.2) is 19.7 Å². The lowest BCUT2D eigenvalue weighted by Gasteiger charge is -2.33. The van der Waals surface area contributed by atoms with E-state index in [-0.39, 0.29) is 11.9 Å². The third-order valence-electron chi connectivity index (χ3n) is 5.63. The van der Waals surface area contributed by atoms with Crippen molar-refractivity contribution in [3.63, 3.8) is 0 Å². The Morgan fingerprint density at radius 2 is 1.75 bits per heavy atom. The van der Waals surface area contributed by atoms with Crippen LogP contribution in [0.15, 0.2) is 6.07 Å². The van der Waals surface area contributed by atoms with Gasteiger partial charge in [-0.25, -0.2) is 4.98 Å². The van der Waals surface area contributed by atoms with Gasteiger partial charge in [0.15, 0.2) is 0 Å². The standard InChI is InChI=1S/C17H25N7/c18-15-14(24-17(20)22-16(19)23-24)9-12-8-11(6-7-13(12)21-15)10-4-2-1-3-5-10/h9-11H,1-8H2,(H2,18,21)(H4,19,20,22,23). The molecule has 2 aromatic heterocycles. The molecule has 1 atom stereocenters. The average Bonchev–Trinajstić information content (AvgIpc) is 2.93. The molecule has 7 heteroatoms. The van der Waals surface area contributed by atoms with Gasteiger partial charge in [0.2, 0.25) is 11.9 Å². The Labute approximate surface area is 141 Å². The highest BCUT2D eigenvalue weighted by Crippen LogP contribution is 2.38. The highest BCUT2D eigenvalue weighted by Gasteiger charge is 2.29. The zero-order valence-electron chi connectivity index (χ0n) is 13.9. The first kappa shape index (κ1) is 15.2. The predicted molar refractivity (Wildman–Crippen MR) is 94.5 cm³/mol. The SMILES string of the molecule is Nc1nc(N)n(-c2cc3c(nc2N)CCC(C2CCCCC2)C3)n1. The zero-order valence-corrected chi connectivity index (χ0v) is 13.9. The van der Waals surface area contributed by atoms with Gasteiger partial charge in [0.05, 0.1) is 0 Å². The van der Waals surface area contributed by atoms with E-state index in [0.29, 0.717) is 11.5 Å². The molecule has 0 saturated heterocycles. The van der Waals surface area contributed by atoms with Gasteiger partial charge in [-0.1, -0.05) is 32.1 Å². The van der Waals surface area contributed by atoms with Gasteiger partial charge >= 0.3 is 0 Å². The second-order valence-corrected chi connectivity index (χ2v) is 7.14. The summed E-state index contributed by atoms with van der Waals surface area (Å²) in [6.07, 6.45) is 10.2. The lowest BCUT2D eigenvalue weighted by atomic mass is 9.72. The smallest absolute Gasteiger partial charge is 0.241 e. The van der Waals surface area contributed by atoms with Gasteiger partial charge in [-0.3, -0.25) is 0 Å². The van der Waals surface area contributed by atoms with Crippen LogP contribution in [0.2, 0.25) is 0 Å². The molecule has 0 aliphatic heterocycles. The number of pyridine rings is 1. The van der Waals surface area contributed by atoms with Crippen molar-refractivity contribution < 1.29 is 0 Å². The summed E-state index contributed by atoms with van der Waals surface area (Å²) < 4.78 is 1.49. The Morgan fingerprint density at radius 1 is 0.958 bits per heavy atom. The van der Waals surface area contributed by atoms with Gasteiger partial charge in [-0.2, -0.15) is 9.67 Å². The highest BCUT2D eigenvalue weighted by atomic mass is 15.4. The second-order valence-electron chi connectivity index (χ2n) is 7.14.